The molecule has 3 nitrogen and oxygen atoms in total. The summed E-state index contributed by atoms with van der Waals surface area (Å²) in [5.41, 5.74) is 0. The van der Waals surface area contributed by atoms with Crippen LogP contribution >= 0.6 is 11.6 Å². The molecule has 0 aliphatic heterocycles. The lowest BCUT2D eigenvalue weighted by Gasteiger charge is -2.17. The first-order valence-electron chi connectivity index (χ1n) is 6.56. The average Bonchev–Trinajstić information content (AvgIpc) is 2.71. The summed E-state index contributed by atoms with van der Waals surface area (Å²) in [6.07, 6.45) is 4.42. The van der Waals surface area contributed by atoms with Gasteiger partial charge in [0, 0.05) is 18.2 Å². The quantitative estimate of drug-likeness (QED) is 0.547. The predicted octanol–water partition coefficient (Wildman–Crippen LogP) is 2.06. The van der Waals surface area contributed by atoms with Crippen molar-refractivity contribution in [2.45, 2.75) is 32.6 Å². The molecular formula is C12H24ClNO2S. The van der Waals surface area contributed by atoms with Gasteiger partial charge in [-0.1, -0.05) is 13.3 Å². The number of hydrogen-bond acceptors (Lipinski definition) is 3. The Bertz CT molecular complexity index is 306. The van der Waals surface area contributed by atoms with E-state index in [1.807, 2.05) is 6.92 Å². The Kier molecular flexibility index (Phi) is 6.82. The van der Waals surface area contributed by atoms with Crippen LogP contribution in [0.3, 0.4) is 0 Å². The van der Waals surface area contributed by atoms with Crippen LogP contribution < -0.4 is 5.32 Å². The van der Waals surface area contributed by atoms with Crippen molar-refractivity contribution in [3.8, 4) is 0 Å². The summed E-state index contributed by atoms with van der Waals surface area (Å²) in [7, 11) is -2.84. The molecule has 2 atom stereocenters. The lowest BCUT2D eigenvalue weighted by Crippen LogP contribution is -2.30. The number of halogens is 1. The standard InChI is InChI=1S/C12H24ClNO2S/c1-2-7-17(15,16)8-6-14-10-12-5-3-4-11(12)9-13/h11-12,14H,2-10H2,1H3. The van der Waals surface area contributed by atoms with Crippen molar-refractivity contribution >= 4 is 21.4 Å². The van der Waals surface area contributed by atoms with E-state index in [9.17, 15) is 8.42 Å². The van der Waals surface area contributed by atoms with Crippen LogP contribution in [0.15, 0.2) is 0 Å². The zero-order valence-corrected chi connectivity index (χ0v) is 12.2. The van der Waals surface area contributed by atoms with E-state index in [0.717, 1.165) is 12.4 Å². The van der Waals surface area contributed by atoms with Crippen molar-refractivity contribution in [2.75, 3.05) is 30.5 Å². The lowest BCUT2D eigenvalue weighted by atomic mass is 9.98. The summed E-state index contributed by atoms with van der Waals surface area (Å²) >= 11 is 5.91. The maximum atomic E-state index is 11.5. The lowest BCUT2D eigenvalue weighted by molar-refractivity contribution is 0.400. The third-order valence-corrected chi connectivity index (χ3v) is 5.78. The Balaban J connectivity index is 2.16. The fourth-order valence-corrected chi connectivity index (χ4v) is 4.20. The molecule has 0 aromatic heterocycles. The van der Waals surface area contributed by atoms with E-state index >= 15 is 0 Å². The smallest absolute Gasteiger partial charge is 0.151 e. The number of rotatable bonds is 8. The Morgan fingerprint density at radius 2 is 1.94 bits per heavy atom. The highest BCUT2D eigenvalue weighted by Crippen LogP contribution is 2.31. The highest BCUT2D eigenvalue weighted by molar-refractivity contribution is 7.91. The number of nitrogens with one attached hydrogen (secondary N) is 1. The third kappa shape index (κ3) is 5.58. The second kappa shape index (κ2) is 7.59. The van der Waals surface area contributed by atoms with Crippen LogP contribution in [-0.4, -0.2) is 38.9 Å². The van der Waals surface area contributed by atoms with Crippen molar-refractivity contribution in [3.63, 3.8) is 0 Å². The fraction of sp³-hybridized carbons (Fsp3) is 1.00. The number of hydrogen-bond donors (Lipinski definition) is 1. The molecular weight excluding hydrogens is 258 g/mol. The van der Waals surface area contributed by atoms with E-state index in [4.69, 9.17) is 11.6 Å². The molecule has 0 aromatic carbocycles. The second-order valence-corrected chi connectivity index (χ2v) is 7.57. The highest BCUT2D eigenvalue weighted by atomic mass is 35.5. The van der Waals surface area contributed by atoms with Crippen LogP contribution in [-0.2, 0) is 9.84 Å². The molecule has 5 heteroatoms. The minimum Gasteiger partial charge on any atom is -0.315 e. The molecule has 1 N–H and O–H groups in total. The zero-order chi connectivity index (χ0) is 12.7. The topological polar surface area (TPSA) is 46.2 Å². The van der Waals surface area contributed by atoms with Gasteiger partial charge in [0.05, 0.1) is 5.75 Å². The highest BCUT2D eigenvalue weighted by Gasteiger charge is 2.25. The maximum absolute atomic E-state index is 11.5. The van der Waals surface area contributed by atoms with Gasteiger partial charge in [0.2, 0.25) is 0 Å². The van der Waals surface area contributed by atoms with Gasteiger partial charge in [-0.3, -0.25) is 0 Å². The van der Waals surface area contributed by atoms with Crippen LogP contribution in [0.25, 0.3) is 0 Å². The van der Waals surface area contributed by atoms with E-state index < -0.39 is 9.84 Å². The van der Waals surface area contributed by atoms with Crippen molar-refractivity contribution in [3.05, 3.63) is 0 Å². The largest absolute Gasteiger partial charge is 0.315 e. The van der Waals surface area contributed by atoms with Crippen LogP contribution in [0.2, 0.25) is 0 Å². The van der Waals surface area contributed by atoms with Crippen LogP contribution in [0.5, 0.6) is 0 Å². The van der Waals surface area contributed by atoms with Gasteiger partial charge in [-0.2, -0.15) is 0 Å². The molecule has 17 heavy (non-hydrogen) atoms. The summed E-state index contributed by atoms with van der Waals surface area (Å²) < 4.78 is 23.0. The Morgan fingerprint density at radius 3 is 2.59 bits per heavy atom. The second-order valence-electron chi connectivity index (χ2n) is 4.96. The minimum atomic E-state index is -2.84. The molecule has 1 aliphatic carbocycles. The van der Waals surface area contributed by atoms with Gasteiger partial charge in [-0.25, -0.2) is 8.42 Å². The van der Waals surface area contributed by atoms with E-state index in [2.05, 4.69) is 5.32 Å². The molecule has 0 amide bonds. The minimum absolute atomic E-state index is 0.263. The van der Waals surface area contributed by atoms with E-state index in [1.54, 1.807) is 0 Å². The molecule has 0 heterocycles. The molecule has 0 saturated heterocycles. The van der Waals surface area contributed by atoms with Gasteiger partial charge in [-0.05, 0) is 37.6 Å². The van der Waals surface area contributed by atoms with Gasteiger partial charge in [-0.15, -0.1) is 11.6 Å². The predicted molar refractivity (Wildman–Crippen MR) is 73.4 cm³/mol. The first-order valence-corrected chi connectivity index (χ1v) is 8.91. The van der Waals surface area contributed by atoms with Gasteiger partial charge in [0.15, 0.2) is 9.84 Å². The van der Waals surface area contributed by atoms with Gasteiger partial charge >= 0.3 is 0 Å². The first-order chi connectivity index (χ1) is 8.09. The van der Waals surface area contributed by atoms with E-state index in [1.165, 1.54) is 19.3 Å². The molecule has 1 saturated carbocycles. The summed E-state index contributed by atoms with van der Waals surface area (Å²) in [5.74, 6) is 2.57. The average molecular weight is 282 g/mol. The number of sulfone groups is 1. The van der Waals surface area contributed by atoms with E-state index in [-0.39, 0.29) is 5.75 Å². The van der Waals surface area contributed by atoms with Crippen molar-refractivity contribution in [1.82, 2.24) is 5.32 Å². The molecule has 0 radical (unpaired) electrons. The van der Waals surface area contributed by atoms with Crippen LogP contribution in [0.4, 0.5) is 0 Å². The van der Waals surface area contributed by atoms with Gasteiger partial charge < -0.3 is 5.32 Å². The van der Waals surface area contributed by atoms with Gasteiger partial charge in [0.25, 0.3) is 0 Å². The van der Waals surface area contributed by atoms with Crippen molar-refractivity contribution in [2.24, 2.45) is 11.8 Å². The molecule has 1 fully saturated rings. The normalized spacial score (nSPS) is 25.3. The summed E-state index contributed by atoms with van der Waals surface area (Å²) in [6, 6.07) is 0. The molecule has 2 unspecified atom stereocenters. The zero-order valence-electron chi connectivity index (χ0n) is 10.6. The SMILES string of the molecule is CCCS(=O)(=O)CCNCC1CCCC1CCl. The molecule has 0 spiro atoms. The summed E-state index contributed by atoms with van der Waals surface area (Å²) in [4.78, 5) is 0. The molecule has 1 rings (SSSR count). The molecule has 0 bridgehead atoms. The van der Waals surface area contributed by atoms with E-state index in [0.29, 0.717) is 30.6 Å². The Hall–Kier alpha value is 0.200. The van der Waals surface area contributed by atoms with Crippen molar-refractivity contribution in [1.29, 1.82) is 0 Å². The first kappa shape index (κ1) is 15.3. The summed E-state index contributed by atoms with van der Waals surface area (Å²) in [5, 5.41) is 3.27. The fourth-order valence-electron chi connectivity index (χ4n) is 2.51. The maximum Gasteiger partial charge on any atom is 0.151 e. The monoisotopic (exact) mass is 281 g/mol. The molecule has 102 valence electrons. The van der Waals surface area contributed by atoms with Crippen molar-refractivity contribution < 1.29 is 8.42 Å². The molecule has 0 aromatic rings. The molecule has 1 aliphatic rings. The number of alkyl halides is 1. The van der Waals surface area contributed by atoms with Gasteiger partial charge in [0.1, 0.15) is 0 Å². The summed E-state index contributed by atoms with van der Waals surface area (Å²) in [6.45, 7) is 3.39. The van der Waals surface area contributed by atoms with Crippen LogP contribution in [0.1, 0.15) is 32.6 Å². The third-order valence-electron chi connectivity index (χ3n) is 3.53. The van der Waals surface area contributed by atoms with Crippen LogP contribution in [0, 0.1) is 11.8 Å². The Labute approximate surface area is 110 Å². The Morgan fingerprint density at radius 1 is 1.24 bits per heavy atom.